The summed E-state index contributed by atoms with van der Waals surface area (Å²) in [5, 5.41) is 4.80. The third-order valence-electron chi connectivity index (χ3n) is 4.72. The maximum absolute atomic E-state index is 5.05. The minimum absolute atomic E-state index is 1.03. The molecule has 1 fully saturated rings. The number of quaternary nitrogens is 1. The fourth-order valence-electron chi connectivity index (χ4n) is 3.21. The molecular formula is C18H23N4S+. The van der Waals surface area contributed by atoms with Crippen LogP contribution in [0.2, 0.25) is 0 Å². The fourth-order valence-corrected chi connectivity index (χ4v) is 4.13. The van der Waals surface area contributed by atoms with E-state index < -0.39 is 0 Å². The summed E-state index contributed by atoms with van der Waals surface area (Å²) in [6, 6.07) is 10.6. The van der Waals surface area contributed by atoms with Gasteiger partial charge in [-0.3, -0.25) is 0 Å². The number of likely N-dealkylation sites (N-methyl/N-ethyl adjacent to an activating group) is 1. The molecule has 1 aromatic heterocycles. The van der Waals surface area contributed by atoms with Gasteiger partial charge in [0.25, 0.3) is 0 Å². The summed E-state index contributed by atoms with van der Waals surface area (Å²) in [5.74, 6) is 1.13. The molecule has 3 heterocycles. The molecule has 23 heavy (non-hydrogen) atoms. The standard InChI is InChI=1S/C18H23N4S/c1-13-12-14-17(21-8-10-22(2,3)11-9-21)19-15-6-4-5-7-16(15)20-18(14)23-13/h4-7,12,20H,8-11H2,1-3H3/q+1. The molecule has 120 valence electrons. The van der Waals surface area contributed by atoms with Crippen LogP contribution >= 0.6 is 11.3 Å². The number of nitrogens with zero attached hydrogens (tertiary/aromatic N) is 3. The third kappa shape index (κ3) is 2.75. The van der Waals surface area contributed by atoms with Crippen molar-refractivity contribution >= 4 is 33.5 Å². The number of hydrogen-bond acceptors (Lipinski definition) is 4. The van der Waals surface area contributed by atoms with E-state index >= 15 is 0 Å². The largest absolute Gasteiger partial charge is 0.345 e. The predicted octanol–water partition coefficient (Wildman–Crippen LogP) is 3.58. The van der Waals surface area contributed by atoms with Gasteiger partial charge >= 0.3 is 0 Å². The summed E-state index contributed by atoms with van der Waals surface area (Å²) in [6.45, 7) is 6.60. The minimum atomic E-state index is 1.03. The molecule has 2 aromatic rings. The van der Waals surface area contributed by atoms with Crippen molar-refractivity contribution < 1.29 is 4.48 Å². The summed E-state index contributed by atoms with van der Waals surface area (Å²) in [7, 11) is 4.62. The lowest BCUT2D eigenvalue weighted by Gasteiger charge is -2.40. The molecule has 2 aliphatic rings. The fraction of sp³-hybridized carbons (Fsp3) is 0.389. The normalized spacial score (nSPS) is 19.3. The third-order valence-corrected chi connectivity index (χ3v) is 5.69. The van der Waals surface area contributed by atoms with E-state index in [0.29, 0.717) is 0 Å². The van der Waals surface area contributed by atoms with E-state index in [-0.39, 0.29) is 0 Å². The van der Waals surface area contributed by atoms with Crippen molar-refractivity contribution in [3.05, 3.63) is 40.8 Å². The number of hydrogen-bond donors (Lipinski definition) is 1. The number of amidine groups is 1. The first-order chi connectivity index (χ1) is 11.0. The Balaban J connectivity index is 1.78. The van der Waals surface area contributed by atoms with Gasteiger partial charge in [-0.15, -0.1) is 11.3 Å². The van der Waals surface area contributed by atoms with Crippen molar-refractivity contribution in [1.29, 1.82) is 0 Å². The number of anilines is 2. The molecule has 1 aromatic carbocycles. The maximum Gasteiger partial charge on any atom is 0.140 e. The van der Waals surface area contributed by atoms with E-state index in [1.165, 1.54) is 15.4 Å². The van der Waals surface area contributed by atoms with Crippen molar-refractivity contribution in [3.63, 3.8) is 0 Å². The van der Waals surface area contributed by atoms with E-state index in [4.69, 9.17) is 4.99 Å². The van der Waals surface area contributed by atoms with Crippen LogP contribution in [0.15, 0.2) is 35.3 Å². The number of rotatable bonds is 0. The van der Waals surface area contributed by atoms with Crippen molar-refractivity contribution in [2.24, 2.45) is 4.99 Å². The van der Waals surface area contributed by atoms with E-state index in [1.807, 2.05) is 11.3 Å². The lowest BCUT2D eigenvalue weighted by molar-refractivity contribution is -0.894. The SMILES string of the molecule is Cc1cc2c(s1)Nc1ccccc1N=C2N1CC[N+](C)(C)CC1. The predicted molar refractivity (Wildman–Crippen MR) is 98.4 cm³/mol. The average molecular weight is 327 g/mol. The lowest BCUT2D eigenvalue weighted by Crippen LogP contribution is -2.56. The zero-order valence-electron chi connectivity index (χ0n) is 14.0. The van der Waals surface area contributed by atoms with Crippen molar-refractivity contribution in [2.45, 2.75) is 6.92 Å². The second-order valence-electron chi connectivity index (χ2n) is 7.05. The highest BCUT2D eigenvalue weighted by Crippen LogP contribution is 2.39. The average Bonchev–Trinajstić information content (AvgIpc) is 2.80. The van der Waals surface area contributed by atoms with Gasteiger partial charge in [0, 0.05) is 4.88 Å². The molecule has 1 N–H and O–H groups in total. The minimum Gasteiger partial charge on any atom is -0.345 e. The number of thiophene rings is 1. The van der Waals surface area contributed by atoms with Gasteiger partial charge in [-0.1, -0.05) is 12.1 Å². The van der Waals surface area contributed by atoms with Crippen molar-refractivity contribution in [2.75, 3.05) is 45.6 Å². The first kappa shape index (κ1) is 14.7. The first-order valence-electron chi connectivity index (χ1n) is 8.14. The molecule has 0 atom stereocenters. The molecule has 0 bridgehead atoms. The summed E-state index contributed by atoms with van der Waals surface area (Å²) in [5.41, 5.74) is 3.37. The molecular weight excluding hydrogens is 304 g/mol. The molecule has 1 saturated heterocycles. The molecule has 2 aliphatic heterocycles. The van der Waals surface area contributed by atoms with Crippen LogP contribution in [0, 0.1) is 6.92 Å². The number of benzene rings is 1. The number of fused-ring (bicyclic) bond motifs is 2. The van der Waals surface area contributed by atoms with Crippen molar-refractivity contribution in [1.82, 2.24) is 4.90 Å². The van der Waals surface area contributed by atoms with Gasteiger partial charge in [0.15, 0.2) is 0 Å². The molecule has 0 saturated carbocycles. The van der Waals surface area contributed by atoms with E-state index in [0.717, 1.165) is 47.9 Å². The van der Waals surface area contributed by atoms with Crippen LogP contribution in [0.5, 0.6) is 0 Å². The lowest BCUT2D eigenvalue weighted by atomic mass is 10.2. The zero-order valence-corrected chi connectivity index (χ0v) is 14.8. The zero-order chi connectivity index (χ0) is 16.0. The Kier molecular flexibility index (Phi) is 3.43. The monoisotopic (exact) mass is 327 g/mol. The number of nitrogens with one attached hydrogen (secondary N) is 1. The summed E-state index contributed by atoms with van der Waals surface area (Å²) in [6.07, 6.45) is 0. The van der Waals surface area contributed by atoms with Gasteiger partial charge in [0.2, 0.25) is 0 Å². The molecule has 4 rings (SSSR count). The molecule has 0 spiro atoms. The van der Waals surface area contributed by atoms with Gasteiger partial charge in [-0.2, -0.15) is 0 Å². The highest BCUT2D eigenvalue weighted by Gasteiger charge is 2.29. The Morgan fingerprint density at radius 1 is 1.17 bits per heavy atom. The molecule has 0 aliphatic carbocycles. The van der Waals surface area contributed by atoms with Crippen LogP contribution in [0.3, 0.4) is 0 Å². The number of aliphatic imine (C=N–C) groups is 1. The van der Waals surface area contributed by atoms with Crippen LogP contribution in [-0.2, 0) is 0 Å². The van der Waals surface area contributed by atoms with Gasteiger partial charge in [0.1, 0.15) is 10.8 Å². The Hall–Kier alpha value is -1.85. The Morgan fingerprint density at radius 3 is 2.70 bits per heavy atom. The van der Waals surface area contributed by atoms with Crippen LogP contribution in [0.1, 0.15) is 10.4 Å². The molecule has 0 radical (unpaired) electrons. The van der Waals surface area contributed by atoms with E-state index in [1.54, 1.807) is 0 Å². The van der Waals surface area contributed by atoms with Gasteiger partial charge < -0.3 is 14.7 Å². The highest BCUT2D eigenvalue weighted by molar-refractivity contribution is 7.16. The molecule has 4 nitrogen and oxygen atoms in total. The van der Waals surface area contributed by atoms with Gasteiger partial charge in [-0.05, 0) is 25.1 Å². The smallest absolute Gasteiger partial charge is 0.140 e. The molecule has 0 amide bonds. The van der Waals surface area contributed by atoms with Gasteiger partial charge in [-0.25, -0.2) is 4.99 Å². The first-order valence-corrected chi connectivity index (χ1v) is 8.96. The molecule has 5 heteroatoms. The van der Waals surface area contributed by atoms with E-state index in [9.17, 15) is 0 Å². The number of piperazine rings is 1. The Bertz CT molecular complexity index is 765. The summed E-state index contributed by atoms with van der Waals surface area (Å²) in [4.78, 5) is 8.82. The summed E-state index contributed by atoms with van der Waals surface area (Å²) >= 11 is 1.81. The molecule has 0 unspecified atom stereocenters. The number of para-hydroxylation sites is 2. The Labute approximate surface area is 141 Å². The van der Waals surface area contributed by atoms with E-state index in [2.05, 4.69) is 61.6 Å². The summed E-state index contributed by atoms with van der Waals surface area (Å²) < 4.78 is 1.09. The van der Waals surface area contributed by atoms with Crippen molar-refractivity contribution in [3.8, 4) is 0 Å². The maximum atomic E-state index is 5.05. The quantitative estimate of drug-likeness (QED) is 0.749. The van der Waals surface area contributed by atoms with Crippen LogP contribution in [0.25, 0.3) is 0 Å². The second kappa shape index (κ2) is 5.35. The van der Waals surface area contributed by atoms with Crippen LogP contribution in [0.4, 0.5) is 16.4 Å². The second-order valence-corrected chi connectivity index (χ2v) is 8.30. The Morgan fingerprint density at radius 2 is 1.91 bits per heavy atom. The van der Waals surface area contributed by atoms with Crippen LogP contribution in [-0.4, -0.2) is 55.5 Å². The van der Waals surface area contributed by atoms with Gasteiger partial charge in [0.05, 0.1) is 57.2 Å². The van der Waals surface area contributed by atoms with Crippen LogP contribution < -0.4 is 5.32 Å². The topological polar surface area (TPSA) is 27.6 Å². The highest BCUT2D eigenvalue weighted by atomic mass is 32.1. The number of aryl methyl sites for hydroxylation is 1.